The van der Waals surface area contributed by atoms with Crippen LogP contribution < -0.4 is 0 Å². The van der Waals surface area contributed by atoms with Crippen LogP contribution in [0.15, 0.2) is 24.3 Å². The van der Waals surface area contributed by atoms with E-state index in [2.05, 4.69) is 39.0 Å². The van der Waals surface area contributed by atoms with Crippen LogP contribution in [0.5, 0.6) is 0 Å². The van der Waals surface area contributed by atoms with Crippen LogP contribution >= 0.6 is 23.4 Å². The standard InChI is InChI=1S/C18H24ClNS/c1-18(2,3)15-7-6-14(11-20)17(10-15)21-12-13-4-8-16(19)9-5-13/h4-5,8-9,14-15,17H,6-7,10,12H2,1-3H3. The smallest absolute Gasteiger partial charge is 0.0667 e. The third-order valence-electron chi connectivity index (χ3n) is 4.56. The second-order valence-corrected chi connectivity index (χ2v) is 8.75. The third kappa shape index (κ3) is 4.66. The summed E-state index contributed by atoms with van der Waals surface area (Å²) in [6.45, 7) is 6.97. The molecule has 3 unspecified atom stereocenters. The first kappa shape index (κ1) is 16.7. The maximum atomic E-state index is 9.40. The van der Waals surface area contributed by atoms with Gasteiger partial charge in [-0.1, -0.05) is 44.5 Å². The van der Waals surface area contributed by atoms with E-state index < -0.39 is 0 Å². The second-order valence-electron chi connectivity index (χ2n) is 7.09. The summed E-state index contributed by atoms with van der Waals surface area (Å²) in [4.78, 5) is 0. The Kier molecular flexibility index (Phi) is 5.63. The zero-order valence-electron chi connectivity index (χ0n) is 13.1. The molecule has 0 heterocycles. The van der Waals surface area contributed by atoms with Gasteiger partial charge in [0, 0.05) is 16.0 Å². The summed E-state index contributed by atoms with van der Waals surface area (Å²) in [6.07, 6.45) is 3.41. The fraction of sp³-hybridized carbons (Fsp3) is 0.611. The minimum absolute atomic E-state index is 0.209. The van der Waals surface area contributed by atoms with Crippen molar-refractivity contribution in [2.45, 2.75) is 51.0 Å². The summed E-state index contributed by atoms with van der Waals surface area (Å²) in [7, 11) is 0. The number of nitrogens with zero attached hydrogens (tertiary/aromatic N) is 1. The van der Waals surface area contributed by atoms with E-state index >= 15 is 0 Å². The Morgan fingerprint density at radius 2 is 1.90 bits per heavy atom. The molecule has 0 saturated heterocycles. The second kappa shape index (κ2) is 7.07. The summed E-state index contributed by atoms with van der Waals surface area (Å²) >= 11 is 7.87. The van der Waals surface area contributed by atoms with E-state index in [1.54, 1.807) is 0 Å². The number of nitriles is 1. The van der Waals surface area contributed by atoms with E-state index in [1.807, 2.05) is 23.9 Å². The van der Waals surface area contributed by atoms with Crippen LogP contribution in [0, 0.1) is 28.6 Å². The molecule has 0 aromatic heterocycles. The molecule has 1 aliphatic carbocycles. The van der Waals surface area contributed by atoms with Crippen molar-refractivity contribution in [3.63, 3.8) is 0 Å². The van der Waals surface area contributed by atoms with Crippen molar-refractivity contribution in [2.75, 3.05) is 0 Å². The fourth-order valence-electron chi connectivity index (χ4n) is 3.03. The van der Waals surface area contributed by atoms with E-state index in [4.69, 9.17) is 11.6 Å². The number of hydrogen-bond acceptors (Lipinski definition) is 2. The van der Waals surface area contributed by atoms with Crippen molar-refractivity contribution >= 4 is 23.4 Å². The molecular formula is C18H24ClNS. The molecule has 2 rings (SSSR count). The lowest BCUT2D eigenvalue weighted by Crippen LogP contribution is -2.33. The highest BCUT2D eigenvalue weighted by atomic mass is 35.5. The van der Waals surface area contributed by atoms with Gasteiger partial charge < -0.3 is 0 Å². The van der Waals surface area contributed by atoms with Crippen molar-refractivity contribution in [1.82, 2.24) is 0 Å². The molecule has 1 aromatic carbocycles. The number of benzene rings is 1. The van der Waals surface area contributed by atoms with Gasteiger partial charge in [0.05, 0.1) is 12.0 Å². The molecule has 0 N–H and O–H groups in total. The minimum atomic E-state index is 0.209. The predicted molar refractivity (Wildman–Crippen MR) is 92.4 cm³/mol. The first-order valence-corrected chi connectivity index (χ1v) is 9.08. The van der Waals surface area contributed by atoms with Gasteiger partial charge >= 0.3 is 0 Å². The Morgan fingerprint density at radius 1 is 1.24 bits per heavy atom. The first-order chi connectivity index (χ1) is 9.90. The normalized spacial score (nSPS) is 26.3. The van der Waals surface area contributed by atoms with Crippen LogP contribution in [0.3, 0.4) is 0 Å². The quantitative estimate of drug-likeness (QED) is 0.689. The maximum absolute atomic E-state index is 9.40. The molecule has 1 aromatic rings. The van der Waals surface area contributed by atoms with E-state index in [-0.39, 0.29) is 5.92 Å². The van der Waals surface area contributed by atoms with Crippen molar-refractivity contribution in [3.8, 4) is 6.07 Å². The molecule has 0 radical (unpaired) electrons. The van der Waals surface area contributed by atoms with Gasteiger partial charge in [0.1, 0.15) is 0 Å². The van der Waals surface area contributed by atoms with E-state index in [9.17, 15) is 5.26 Å². The molecule has 0 aliphatic heterocycles. The highest BCUT2D eigenvalue weighted by Gasteiger charge is 2.36. The fourth-order valence-corrected chi connectivity index (χ4v) is 4.55. The molecular weight excluding hydrogens is 298 g/mol. The number of halogens is 1. The monoisotopic (exact) mass is 321 g/mol. The maximum Gasteiger partial charge on any atom is 0.0667 e. The van der Waals surface area contributed by atoms with Crippen molar-refractivity contribution < 1.29 is 0 Å². The summed E-state index contributed by atoms with van der Waals surface area (Å²) in [6, 6.07) is 10.6. The van der Waals surface area contributed by atoms with Gasteiger partial charge in [-0.25, -0.2) is 0 Å². The zero-order valence-corrected chi connectivity index (χ0v) is 14.7. The SMILES string of the molecule is CC(C)(C)C1CCC(C#N)C(SCc2ccc(Cl)cc2)C1. The van der Waals surface area contributed by atoms with Gasteiger partial charge in [-0.15, -0.1) is 0 Å². The van der Waals surface area contributed by atoms with Crippen LogP contribution in [0.1, 0.15) is 45.6 Å². The molecule has 0 bridgehead atoms. The Bertz CT molecular complexity index is 497. The highest BCUT2D eigenvalue weighted by molar-refractivity contribution is 7.99. The van der Waals surface area contributed by atoms with Gasteiger partial charge in [-0.2, -0.15) is 17.0 Å². The van der Waals surface area contributed by atoms with Gasteiger partial charge in [0.25, 0.3) is 0 Å². The topological polar surface area (TPSA) is 23.8 Å². The lowest BCUT2D eigenvalue weighted by molar-refractivity contribution is 0.169. The molecule has 0 amide bonds. The molecule has 0 spiro atoms. The molecule has 114 valence electrons. The number of rotatable bonds is 3. The minimum Gasteiger partial charge on any atom is -0.198 e. The molecule has 1 fully saturated rings. The van der Waals surface area contributed by atoms with Crippen molar-refractivity contribution in [1.29, 1.82) is 5.26 Å². The summed E-state index contributed by atoms with van der Waals surface area (Å²) < 4.78 is 0. The van der Waals surface area contributed by atoms with Gasteiger partial charge in [-0.3, -0.25) is 0 Å². The zero-order chi connectivity index (χ0) is 15.5. The Morgan fingerprint density at radius 3 is 2.48 bits per heavy atom. The van der Waals surface area contributed by atoms with Crippen LogP contribution in [0.2, 0.25) is 5.02 Å². The lowest BCUT2D eigenvalue weighted by atomic mass is 9.70. The van der Waals surface area contributed by atoms with E-state index in [0.29, 0.717) is 10.7 Å². The summed E-state index contributed by atoms with van der Waals surface area (Å²) in [5.74, 6) is 1.90. The Hall–Kier alpha value is -0.650. The largest absolute Gasteiger partial charge is 0.198 e. The highest BCUT2D eigenvalue weighted by Crippen LogP contribution is 2.44. The molecule has 1 nitrogen and oxygen atoms in total. The van der Waals surface area contributed by atoms with Gasteiger partial charge in [0.2, 0.25) is 0 Å². The molecule has 3 atom stereocenters. The summed E-state index contributed by atoms with van der Waals surface area (Å²) in [5, 5.41) is 10.6. The Balaban J connectivity index is 1.98. The molecule has 1 saturated carbocycles. The molecule has 21 heavy (non-hydrogen) atoms. The van der Waals surface area contributed by atoms with Crippen molar-refractivity contribution in [3.05, 3.63) is 34.9 Å². The average Bonchev–Trinajstić information content (AvgIpc) is 2.45. The van der Waals surface area contributed by atoms with Crippen LogP contribution in [0.25, 0.3) is 0 Å². The van der Waals surface area contributed by atoms with Crippen LogP contribution in [-0.2, 0) is 5.75 Å². The van der Waals surface area contributed by atoms with Gasteiger partial charge in [-0.05, 0) is 48.3 Å². The van der Waals surface area contributed by atoms with E-state index in [0.717, 1.165) is 23.1 Å². The first-order valence-electron chi connectivity index (χ1n) is 7.66. The number of thioether (sulfide) groups is 1. The average molecular weight is 322 g/mol. The molecule has 1 aliphatic rings. The lowest BCUT2D eigenvalue weighted by Gasteiger charge is -2.39. The number of hydrogen-bond donors (Lipinski definition) is 0. The van der Waals surface area contributed by atoms with Crippen LogP contribution in [0.4, 0.5) is 0 Å². The Labute approximate surface area is 138 Å². The van der Waals surface area contributed by atoms with Crippen molar-refractivity contribution in [2.24, 2.45) is 17.3 Å². The molecule has 3 heteroatoms. The third-order valence-corrected chi connectivity index (χ3v) is 6.26. The van der Waals surface area contributed by atoms with Gasteiger partial charge in [0.15, 0.2) is 0 Å². The summed E-state index contributed by atoms with van der Waals surface area (Å²) in [5.41, 5.74) is 1.64. The van der Waals surface area contributed by atoms with E-state index in [1.165, 1.54) is 18.4 Å². The van der Waals surface area contributed by atoms with Crippen LogP contribution in [-0.4, -0.2) is 5.25 Å². The predicted octanol–water partition coefficient (Wildman–Crippen LogP) is 5.93.